The second kappa shape index (κ2) is 12.0. The van der Waals surface area contributed by atoms with Crippen LogP contribution in [0.3, 0.4) is 0 Å². The topological polar surface area (TPSA) is 0 Å². The fourth-order valence-electron chi connectivity index (χ4n) is 6.25. The van der Waals surface area contributed by atoms with Crippen LogP contribution in [0.4, 0.5) is 0 Å². The van der Waals surface area contributed by atoms with Gasteiger partial charge in [0.05, 0.1) is 0 Å². The maximum absolute atomic E-state index is 2.45. The van der Waals surface area contributed by atoms with Gasteiger partial charge in [0.25, 0.3) is 0 Å². The molecule has 4 aromatic carbocycles. The third-order valence-electron chi connectivity index (χ3n) is 7.56. The molecular formula is C38H42P2. The van der Waals surface area contributed by atoms with Crippen LogP contribution < -0.4 is 21.2 Å². The first-order valence-corrected chi connectivity index (χ1v) is 17.2. The quantitative estimate of drug-likeness (QED) is 0.198. The molecule has 2 heteroatoms. The lowest BCUT2D eigenvalue weighted by molar-refractivity contribution is 1.36. The van der Waals surface area contributed by atoms with E-state index in [2.05, 4.69) is 140 Å². The Balaban J connectivity index is 1.69. The largest absolute Gasteiger partial charge is 0.0798 e. The molecule has 0 amide bonds. The molecule has 0 nitrogen and oxygen atoms in total. The molecule has 1 aliphatic carbocycles. The molecule has 4 aromatic rings. The molecule has 0 aliphatic heterocycles. The van der Waals surface area contributed by atoms with Crippen molar-refractivity contribution in [3.63, 3.8) is 0 Å². The van der Waals surface area contributed by atoms with Gasteiger partial charge in [0.15, 0.2) is 0 Å². The highest BCUT2D eigenvalue weighted by atomic mass is 31.1. The fraction of sp³-hybridized carbons (Fsp3) is 0.263. The molecule has 0 fully saturated rings. The van der Waals surface area contributed by atoms with Gasteiger partial charge in [0.1, 0.15) is 0 Å². The molecular weight excluding hydrogens is 518 g/mol. The van der Waals surface area contributed by atoms with E-state index in [-0.39, 0.29) is 0 Å². The van der Waals surface area contributed by atoms with Crippen LogP contribution in [0.25, 0.3) is 0 Å². The zero-order valence-corrected chi connectivity index (χ0v) is 27.2. The van der Waals surface area contributed by atoms with Gasteiger partial charge >= 0.3 is 0 Å². The van der Waals surface area contributed by atoms with E-state index in [0.29, 0.717) is 0 Å². The number of hydrogen-bond donors (Lipinski definition) is 0. The van der Waals surface area contributed by atoms with E-state index < -0.39 is 15.8 Å². The molecule has 0 spiro atoms. The summed E-state index contributed by atoms with van der Waals surface area (Å²) in [7, 11) is -1.16. The minimum Gasteiger partial charge on any atom is -0.0798 e. The molecule has 0 saturated carbocycles. The van der Waals surface area contributed by atoms with Gasteiger partial charge in [-0.05, 0) is 110 Å². The highest BCUT2D eigenvalue weighted by molar-refractivity contribution is 7.77. The number of aryl methyl sites for hydroxylation is 8. The number of allylic oxidation sites excluding steroid dienone is 4. The highest BCUT2D eigenvalue weighted by Gasteiger charge is 2.27. The SMILES string of the molecule is Cc1cc(C)cc(P(CC2=C(P(c3cc(C)cc(C)c3)c3cc(C)cc(C)c3)CC=C2)c2cc(C)cc(C)c2)c1. The van der Waals surface area contributed by atoms with E-state index in [4.69, 9.17) is 0 Å². The van der Waals surface area contributed by atoms with E-state index in [1.165, 1.54) is 65.7 Å². The van der Waals surface area contributed by atoms with Crippen molar-refractivity contribution in [3.8, 4) is 0 Å². The second-order valence-electron chi connectivity index (χ2n) is 11.9. The lowest BCUT2D eigenvalue weighted by Crippen LogP contribution is -2.18. The van der Waals surface area contributed by atoms with Gasteiger partial charge in [-0.15, -0.1) is 0 Å². The summed E-state index contributed by atoms with van der Waals surface area (Å²) >= 11 is 0. The fourth-order valence-corrected chi connectivity index (χ4v) is 12.1. The Kier molecular flexibility index (Phi) is 8.61. The molecule has 0 aromatic heterocycles. The van der Waals surface area contributed by atoms with Gasteiger partial charge in [0.2, 0.25) is 0 Å². The van der Waals surface area contributed by atoms with Crippen LogP contribution >= 0.6 is 15.8 Å². The van der Waals surface area contributed by atoms with E-state index in [1.54, 1.807) is 10.9 Å². The Bertz CT molecular complexity index is 1450. The molecule has 204 valence electrons. The summed E-state index contributed by atoms with van der Waals surface area (Å²) in [6, 6.07) is 28.7. The smallest absolute Gasteiger partial charge is 0.00108 e. The monoisotopic (exact) mass is 560 g/mol. The molecule has 0 bridgehead atoms. The molecule has 40 heavy (non-hydrogen) atoms. The molecule has 0 N–H and O–H groups in total. The van der Waals surface area contributed by atoms with Crippen molar-refractivity contribution in [2.24, 2.45) is 0 Å². The lowest BCUT2D eigenvalue weighted by Gasteiger charge is -2.26. The van der Waals surface area contributed by atoms with Crippen molar-refractivity contribution in [3.05, 3.63) is 140 Å². The summed E-state index contributed by atoms with van der Waals surface area (Å²) < 4.78 is 0. The van der Waals surface area contributed by atoms with Crippen LogP contribution in [-0.4, -0.2) is 6.16 Å². The molecule has 0 atom stereocenters. The van der Waals surface area contributed by atoms with Gasteiger partial charge in [-0.2, -0.15) is 0 Å². The third kappa shape index (κ3) is 6.57. The van der Waals surface area contributed by atoms with Crippen molar-refractivity contribution in [1.29, 1.82) is 0 Å². The van der Waals surface area contributed by atoms with Crippen LogP contribution in [-0.2, 0) is 0 Å². The van der Waals surface area contributed by atoms with Crippen molar-refractivity contribution < 1.29 is 0 Å². The summed E-state index contributed by atoms with van der Waals surface area (Å²) in [5.41, 5.74) is 12.4. The van der Waals surface area contributed by atoms with Crippen LogP contribution in [0, 0.1) is 55.4 Å². The zero-order valence-electron chi connectivity index (χ0n) is 25.4. The normalized spacial score (nSPS) is 13.2. The first-order valence-electron chi connectivity index (χ1n) is 14.3. The Morgan fingerprint density at radius 1 is 0.450 bits per heavy atom. The summed E-state index contributed by atoms with van der Waals surface area (Å²) in [5.74, 6) is 0. The van der Waals surface area contributed by atoms with Crippen molar-refractivity contribution in [1.82, 2.24) is 0 Å². The Hall–Kier alpha value is -2.78. The summed E-state index contributed by atoms with van der Waals surface area (Å²) in [4.78, 5) is 0. The van der Waals surface area contributed by atoms with Crippen molar-refractivity contribution in [2.75, 3.05) is 6.16 Å². The molecule has 5 rings (SSSR count). The average molecular weight is 561 g/mol. The predicted octanol–water partition coefficient (Wildman–Crippen LogP) is 8.93. The van der Waals surface area contributed by atoms with Crippen LogP contribution in [0.2, 0.25) is 0 Å². The maximum atomic E-state index is 2.45. The first kappa shape index (κ1) is 28.7. The van der Waals surface area contributed by atoms with Crippen LogP contribution in [0.5, 0.6) is 0 Å². The van der Waals surface area contributed by atoms with Crippen molar-refractivity contribution >= 4 is 37.1 Å². The molecule has 0 unspecified atom stereocenters. The molecule has 0 saturated heterocycles. The van der Waals surface area contributed by atoms with Gasteiger partial charge in [-0.3, -0.25) is 0 Å². The van der Waals surface area contributed by atoms with E-state index in [9.17, 15) is 0 Å². The molecule has 0 radical (unpaired) electrons. The molecule has 0 heterocycles. The summed E-state index contributed by atoms with van der Waals surface area (Å²) in [6.45, 7) is 17.9. The highest BCUT2D eigenvalue weighted by Crippen LogP contribution is 2.51. The molecule has 1 aliphatic rings. The summed E-state index contributed by atoms with van der Waals surface area (Å²) in [6.07, 6.45) is 7.00. The second-order valence-corrected chi connectivity index (χ2v) is 16.3. The first-order chi connectivity index (χ1) is 19.0. The van der Waals surface area contributed by atoms with Gasteiger partial charge in [0, 0.05) is 6.16 Å². The maximum Gasteiger partial charge on any atom is 0.00108 e. The summed E-state index contributed by atoms with van der Waals surface area (Å²) in [5, 5.41) is 7.58. The van der Waals surface area contributed by atoms with Crippen LogP contribution in [0.1, 0.15) is 50.9 Å². The Morgan fingerprint density at radius 3 is 1.12 bits per heavy atom. The van der Waals surface area contributed by atoms with E-state index in [1.807, 2.05) is 0 Å². The predicted molar refractivity (Wildman–Crippen MR) is 182 cm³/mol. The zero-order chi connectivity index (χ0) is 28.6. The minimum atomic E-state index is -0.622. The average Bonchev–Trinajstić information content (AvgIpc) is 3.28. The number of rotatable bonds is 7. The number of hydrogen-bond acceptors (Lipinski definition) is 0. The van der Waals surface area contributed by atoms with Crippen molar-refractivity contribution in [2.45, 2.75) is 61.8 Å². The van der Waals surface area contributed by atoms with Gasteiger partial charge in [-0.25, -0.2) is 0 Å². The lowest BCUT2D eigenvalue weighted by atomic mass is 10.2. The van der Waals surface area contributed by atoms with E-state index in [0.717, 1.165) is 12.6 Å². The van der Waals surface area contributed by atoms with Gasteiger partial charge < -0.3 is 0 Å². The van der Waals surface area contributed by atoms with Crippen LogP contribution in [0.15, 0.2) is 95.8 Å². The minimum absolute atomic E-state index is 0.540. The third-order valence-corrected chi connectivity index (χ3v) is 12.5. The van der Waals surface area contributed by atoms with E-state index >= 15 is 0 Å². The number of benzene rings is 4. The standard InChI is InChI=1S/C38H42P2/c1-25-12-26(2)17-34(16-25)39(35-18-27(3)13-28(4)19-35)24-33-10-9-11-38(33)40(36-20-29(5)14-30(6)21-36)37-22-31(7)15-32(8)23-37/h9-10,12-23H,11,24H2,1-8H3. The van der Waals surface area contributed by atoms with Gasteiger partial charge in [-0.1, -0.05) is 129 Å². The Labute approximate surface area is 244 Å². The Morgan fingerprint density at radius 2 is 0.775 bits per heavy atom.